The summed E-state index contributed by atoms with van der Waals surface area (Å²) in [7, 11) is -3.49. The van der Waals surface area contributed by atoms with E-state index in [-0.39, 0.29) is 0 Å². The molecule has 1 aliphatic heterocycles. The molecule has 0 N–H and O–H groups in total. The Balaban J connectivity index is 1.78. The van der Waals surface area contributed by atoms with Gasteiger partial charge in [0.2, 0.25) is 10.0 Å². The molecule has 0 atom stereocenters. The molecule has 0 radical (unpaired) electrons. The van der Waals surface area contributed by atoms with E-state index in [1.807, 2.05) is 24.3 Å². The predicted molar refractivity (Wildman–Crippen MR) is 99.3 cm³/mol. The van der Waals surface area contributed by atoms with E-state index < -0.39 is 10.0 Å². The topological polar surface area (TPSA) is 40.6 Å². The first-order chi connectivity index (χ1) is 11.0. The van der Waals surface area contributed by atoms with Gasteiger partial charge >= 0.3 is 0 Å². The van der Waals surface area contributed by atoms with Crippen LogP contribution in [0.15, 0.2) is 62.4 Å². The molecule has 1 heterocycles. The van der Waals surface area contributed by atoms with Crippen LogP contribution in [0.1, 0.15) is 0 Å². The van der Waals surface area contributed by atoms with Crippen LogP contribution in [0.3, 0.4) is 0 Å². The molecule has 0 aliphatic carbocycles. The second-order valence-electron chi connectivity index (χ2n) is 5.30. The molecule has 1 saturated heterocycles. The van der Waals surface area contributed by atoms with E-state index >= 15 is 0 Å². The van der Waals surface area contributed by atoms with Crippen LogP contribution in [0.4, 0.5) is 5.69 Å². The van der Waals surface area contributed by atoms with Crippen LogP contribution in [0, 0.1) is 0 Å². The van der Waals surface area contributed by atoms with Gasteiger partial charge in [-0.05, 0) is 46.3 Å². The van der Waals surface area contributed by atoms with Crippen molar-refractivity contribution in [3.63, 3.8) is 0 Å². The highest BCUT2D eigenvalue weighted by atomic mass is 79.9. The van der Waals surface area contributed by atoms with Gasteiger partial charge in [-0.2, -0.15) is 4.31 Å². The summed E-state index contributed by atoms with van der Waals surface area (Å²) in [5, 5.41) is 0. The lowest BCUT2D eigenvalue weighted by Gasteiger charge is -2.35. The number of anilines is 1. The molecule has 0 bridgehead atoms. The normalized spacial score (nSPS) is 16.5. The van der Waals surface area contributed by atoms with Crippen molar-refractivity contribution in [3.05, 3.63) is 57.5 Å². The summed E-state index contributed by atoms with van der Waals surface area (Å²) in [6.45, 7) is 2.34. The summed E-state index contributed by atoms with van der Waals surface area (Å²) < 4.78 is 28.6. The molecule has 7 heteroatoms. The maximum atomic E-state index is 12.9. The van der Waals surface area contributed by atoms with Crippen molar-refractivity contribution < 1.29 is 8.42 Å². The minimum Gasteiger partial charge on any atom is -0.369 e. The zero-order valence-electron chi connectivity index (χ0n) is 12.3. The van der Waals surface area contributed by atoms with E-state index in [2.05, 4.69) is 48.9 Å². The molecular formula is C16H16Br2N2O2S. The number of halogens is 2. The van der Waals surface area contributed by atoms with E-state index in [9.17, 15) is 8.42 Å². The van der Waals surface area contributed by atoms with E-state index in [1.165, 1.54) is 0 Å². The van der Waals surface area contributed by atoms with Crippen LogP contribution >= 0.6 is 31.9 Å². The van der Waals surface area contributed by atoms with Gasteiger partial charge in [0.25, 0.3) is 0 Å². The molecule has 4 nitrogen and oxygen atoms in total. The van der Waals surface area contributed by atoms with Gasteiger partial charge in [0.15, 0.2) is 0 Å². The van der Waals surface area contributed by atoms with Gasteiger partial charge in [-0.15, -0.1) is 0 Å². The fraction of sp³-hybridized carbons (Fsp3) is 0.250. The van der Waals surface area contributed by atoms with Crippen molar-refractivity contribution in [3.8, 4) is 0 Å². The molecule has 0 amide bonds. The van der Waals surface area contributed by atoms with Gasteiger partial charge in [0.05, 0.1) is 4.90 Å². The van der Waals surface area contributed by atoms with Crippen LogP contribution in [-0.2, 0) is 10.0 Å². The number of piperazine rings is 1. The maximum Gasteiger partial charge on any atom is 0.244 e. The van der Waals surface area contributed by atoms with Crippen LogP contribution in [0.25, 0.3) is 0 Å². The highest BCUT2D eigenvalue weighted by Crippen LogP contribution is 2.29. The van der Waals surface area contributed by atoms with Crippen molar-refractivity contribution in [1.82, 2.24) is 4.31 Å². The van der Waals surface area contributed by atoms with Gasteiger partial charge < -0.3 is 4.90 Å². The Hall–Kier alpha value is -0.890. The molecule has 23 heavy (non-hydrogen) atoms. The van der Waals surface area contributed by atoms with E-state index in [1.54, 1.807) is 16.4 Å². The number of hydrogen-bond donors (Lipinski definition) is 0. The van der Waals surface area contributed by atoms with Crippen LogP contribution in [0.2, 0.25) is 0 Å². The Morgan fingerprint density at radius 1 is 0.870 bits per heavy atom. The number of sulfonamides is 1. The lowest BCUT2D eigenvalue weighted by molar-refractivity contribution is 0.384. The largest absolute Gasteiger partial charge is 0.369 e. The summed E-state index contributed by atoms with van der Waals surface area (Å²) in [4.78, 5) is 2.52. The number of para-hydroxylation sites is 1. The summed E-state index contributed by atoms with van der Waals surface area (Å²) >= 11 is 6.69. The van der Waals surface area contributed by atoms with E-state index in [0.29, 0.717) is 35.5 Å². The molecule has 1 aliphatic rings. The summed E-state index contributed by atoms with van der Waals surface area (Å²) in [6, 6.07) is 15.3. The third-order valence-corrected chi connectivity index (χ3v) is 7.26. The number of hydrogen-bond acceptors (Lipinski definition) is 3. The Morgan fingerprint density at radius 3 is 2.17 bits per heavy atom. The van der Waals surface area contributed by atoms with E-state index in [4.69, 9.17) is 0 Å². The Bertz CT molecular complexity index is 789. The van der Waals surface area contributed by atoms with Crippen molar-refractivity contribution in [2.45, 2.75) is 4.90 Å². The van der Waals surface area contributed by atoms with Gasteiger partial charge in [0, 0.05) is 40.8 Å². The lowest BCUT2D eigenvalue weighted by Crippen LogP contribution is -2.48. The smallest absolute Gasteiger partial charge is 0.244 e. The SMILES string of the molecule is O=S(=O)(c1cc(Br)ccc1Br)N1CCN(c2ccccc2)CC1. The van der Waals surface area contributed by atoms with Crippen molar-refractivity contribution in [2.75, 3.05) is 31.1 Å². The molecule has 3 rings (SSSR count). The first-order valence-electron chi connectivity index (χ1n) is 7.24. The van der Waals surface area contributed by atoms with Gasteiger partial charge in [-0.25, -0.2) is 8.42 Å². The van der Waals surface area contributed by atoms with Crippen molar-refractivity contribution in [1.29, 1.82) is 0 Å². The fourth-order valence-corrected chi connectivity index (χ4v) is 5.52. The number of rotatable bonds is 3. The zero-order valence-corrected chi connectivity index (χ0v) is 16.3. The minimum atomic E-state index is -3.49. The predicted octanol–water partition coefficient (Wildman–Crippen LogP) is 3.72. The highest BCUT2D eigenvalue weighted by molar-refractivity contribution is 9.11. The summed E-state index contributed by atoms with van der Waals surface area (Å²) in [6.07, 6.45) is 0. The minimum absolute atomic E-state index is 0.306. The second kappa shape index (κ2) is 6.93. The van der Waals surface area contributed by atoms with Crippen molar-refractivity contribution >= 4 is 47.6 Å². The summed E-state index contributed by atoms with van der Waals surface area (Å²) in [5.41, 5.74) is 1.13. The monoisotopic (exact) mass is 458 g/mol. The maximum absolute atomic E-state index is 12.9. The fourth-order valence-electron chi connectivity index (χ4n) is 2.64. The standard InChI is InChI=1S/C16H16Br2N2O2S/c17-13-6-7-15(18)16(12-13)23(21,22)20-10-8-19(9-11-20)14-4-2-1-3-5-14/h1-7,12H,8-11H2. The Morgan fingerprint density at radius 2 is 1.52 bits per heavy atom. The Kier molecular flexibility index (Phi) is 5.10. The van der Waals surface area contributed by atoms with Crippen molar-refractivity contribution in [2.24, 2.45) is 0 Å². The number of nitrogens with zero attached hydrogens (tertiary/aromatic N) is 2. The molecule has 0 spiro atoms. The molecule has 0 unspecified atom stereocenters. The average molecular weight is 460 g/mol. The zero-order chi connectivity index (χ0) is 16.4. The average Bonchev–Trinajstić information content (AvgIpc) is 2.58. The van der Waals surface area contributed by atoms with Gasteiger partial charge in [0.1, 0.15) is 0 Å². The molecule has 0 saturated carbocycles. The molecular weight excluding hydrogens is 444 g/mol. The summed E-state index contributed by atoms with van der Waals surface area (Å²) in [5.74, 6) is 0. The van der Waals surface area contributed by atoms with Crippen LogP contribution in [-0.4, -0.2) is 38.9 Å². The molecule has 2 aromatic carbocycles. The lowest BCUT2D eigenvalue weighted by atomic mass is 10.2. The highest BCUT2D eigenvalue weighted by Gasteiger charge is 2.30. The second-order valence-corrected chi connectivity index (χ2v) is 8.98. The molecule has 2 aromatic rings. The van der Waals surface area contributed by atoms with Crippen LogP contribution < -0.4 is 4.90 Å². The molecule has 1 fully saturated rings. The quantitative estimate of drug-likeness (QED) is 0.702. The first-order valence-corrected chi connectivity index (χ1v) is 10.3. The van der Waals surface area contributed by atoms with Gasteiger partial charge in [-0.3, -0.25) is 0 Å². The third-order valence-electron chi connectivity index (χ3n) is 3.87. The van der Waals surface area contributed by atoms with Gasteiger partial charge in [-0.1, -0.05) is 34.1 Å². The molecule has 122 valence electrons. The van der Waals surface area contributed by atoms with Crippen LogP contribution in [0.5, 0.6) is 0 Å². The third kappa shape index (κ3) is 3.63. The first kappa shape index (κ1) is 17.0. The Labute approximate surface area is 153 Å². The van der Waals surface area contributed by atoms with E-state index in [0.717, 1.165) is 10.2 Å². The number of benzene rings is 2. The molecule has 0 aromatic heterocycles.